The Morgan fingerprint density at radius 3 is 2.65 bits per heavy atom. The zero-order valence-electron chi connectivity index (χ0n) is 19.0. The number of aryl methyl sites for hydroxylation is 1. The average Bonchev–Trinajstić information content (AvgIpc) is 2.92. The van der Waals surface area contributed by atoms with E-state index in [0.29, 0.717) is 29.2 Å². The molecule has 0 aromatic heterocycles. The number of nitrogens with zero attached hydrogens (tertiary/aromatic N) is 1. The molecular weight excluding hydrogens is 459 g/mol. The van der Waals surface area contributed by atoms with Crippen LogP contribution >= 0.6 is 0 Å². The van der Waals surface area contributed by atoms with Crippen LogP contribution in [0.5, 0.6) is 11.5 Å². The van der Waals surface area contributed by atoms with Crippen LogP contribution in [0, 0.1) is 12.7 Å². The molecule has 0 radical (unpaired) electrons. The SMILES string of the molecule is COc1ccccc1CN1Cc2cc(NS(=O)(=O)c3ccc(C)c(F)c3)ccc2O[C@@H](C)C1=O. The number of fused-ring (bicyclic) bond motifs is 1. The van der Waals surface area contributed by atoms with Crippen LogP contribution in [0.15, 0.2) is 65.6 Å². The lowest BCUT2D eigenvalue weighted by atomic mass is 10.1. The quantitative estimate of drug-likeness (QED) is 0.565. The number of methoxy groups -OCH3 is 1. The molecule has 1 aliphatic rings. The number of benzene rings is 3. The second kappa shape index (κ2) is 9.34. The molecule has 1 heterocycles. The van der Waals surface area contributed by atoms with Crippen molar-refractivity contribution < 1.29 is 27.1 Å². The monoisotopic (exact) mass is 484 g/mol. The summed E-state index contributed by atoms with van der Waals surface area (Å²) < 4.78 is 53.2. The van der Waals surface area contributed by atoms with Gasteiger partial charge in [0.25, 0.3) is 15.9 Å². The first kappa shape index (κ1) is 23.6. The maximum absolute atomic E-state index is 13.9. The molecule has 0 aliphatic carbocycles. The van der Waals surface area contributed by atoms with Crippen LogP contribution in [0.3, 0.4) is 0 Å². The molecule has 1 aliphatic heterocycles. The lowest BCUT2D eigenvalue weighted by molar-refractivity contribution is -0.138. The van der Waals surface area contributed by atoms with Gasteiger partial charge in [-0.25, -0.2) is 12.8 Å². The number of hydrogen-bond acceptors (Lipinski definition) is 5. The van der Waals surface area contributed by atoms with Gasteiger partial charge < -0.3 is 14.4 Å². The Balaban J connectivity index is 1.62. The Labute approximate surface area is 198 Å². The number of amides is 1. The zero-order valence-corrected chi connectivity index (χ0v) is 19.9. The molecule has 0 saturated carbocycles. The molecule has 0 spiro atoms. The van der Waals surface area contributed by atoms with Crippen LogP contribution in [0.4, 0.5) is 10.1 Å². The third kappa shape index (κ3) is 4.84. The zero-order chi connectivity index (χ0) is 24.5. The normalized spacial score (nSPS) is 15.8. The van der Waals surface area contributed by atoms with E-state index in [1.165, 1.54) is 12.1 Å². The van der Waals surface area contributed by atoms with Gasteiger partial charge in [-0.1, -0.05) is 24.3 Å². The van der Waals surface area contributed by atoms with E-state index < -0.39 is 21.9 Å². The molecule has 3 aromatic carbocycles. The molecule has 1 N–H and O–H groups in total. The number of hydrogen-bond donors (Lipinski definition) is 1. The maximum Gasteiger partial charge on any atom is 0.263 e. The molecule has 0 bridgehead atoms. The average molecular weight is 485 g/mol. The van der Waals surface area contributed by atoms with Gasteiger partial charge in [0.15, 0.2) is 6.10 Å². The Bertz CT molecular complexity index is 1340. The van der Waals surface area contributed by atoms with E-state index in [0.717, 1.165) is 11.6 Å². The predicted molar refractivity (Wildman–Crippen MR) is 126 cm³/mol. The first-order chi connectivity index (χ1) is 16.2. The van der Waals surface area contributed by atoms with Gasteiger partial charge in [0.05, 0.1) is 12.0 Å². The smallest absolute Gasteiger partial charge is 0.263 e. The summed E-state index contributed by atoms with van der Waals surface area (Å²) in [6, 6.07) is 16.0. The molecule has 4 rings (SSSR count). The Hall–Kier alpha value is -3.59. The molecule has 0 fully saturated rings. The number of ether oxygens (including phenoxy) is 2. The van der Waals surface area contributed by atoms with Crippen molar-refractivity contribution in [3.63, 3.8) is 0 Å². The molecule has 34 heavy (non-hydrogen) atoms. The number of carbonyl (C=O) groups is 1. The summed E-state index contributed by atoms with van der Waals surface area (Å²) >= 11 is 0. The summed E-state index contributed by atoms with van der Waals surface area (Å²) in [6.07, 6.45) is -0.714. The lowest BCUT2D eigenvalue weighted by Gasteiger charge is -2.23. The highest BCUT2D eigenvalue weighted by Gasteiger charge is 2.29. The van der Waals surface area contributed by atoms with Crippen molar-refractivity contribution in [3.05, 3.63) is 83.2 Å². The summed E-state index contributed by atoms with van der Waals surface area (Å²) in [4.78, 5) is 14.5. The van der Waals surface area contributed by atoms with Crippen molar-refractivity contribution >= 4 is 21.6 Å². The minimum absolute atomic E-state index is 0.177. The van der Waals surface area contributed by atoms with Gasteiger partial charge in [-0.15, -0.1) is 0 Å². The van der Waals surface area contributed by atoms with Crippen LogP contribution in [0.1, 0.15) is 23.6 Å². The Kier molecular flexibility index (Phi) is 6.47. The van der Waals surface area contributed by atoms with E-state index in [1.54, 1.807) is 44.1 Å². The Morgan fingerprint density at radius 1 is 1.15 bits per heavy atom. The number of rotatable bonds is 6. The number of carbonyl (C=O) groups excluding carboxylic acids is 1. The second-order valence-electron chi connectivity index (χ2n) is 8.11. The third-order valence-electron chi connectivity index (χ3n) is 5.64. The van der Waals surface area contributed by atoms with E-state index in [1.807, 2.05) is 24.3 Å². The van der Waals surface area contributed by atoms with Gasteiger partial charge in [0.1, 0.15) is 17.3 Å². The van der Waals surface area contributed by atoms with Crippen LogP contribution in [-0.4, -0.2) is 32.4 Å². The number of nitrogens with one attached hydrogen (secondary N) is 1. The standard InChI is InChI=1S/C25H25FN2O5S/c1-16-8-10-21(13-22(16)26)34(30,31)27-20-9-11-24-19(12-20)15-28(25(29)17(2)33-24)14-18-6-4-5-7-23(18)32-3/h4-13,17,27H,14-15H2,1-3H3/t17-/m0/s1. The molecule has 1 amide bonds. The van der Waals surface area contributed by atoms with E-state index in [-0.39, 0.29) is 23.0 Å². The third-order valence-corrected chi connectivity index (χ3v) is 7.02. The van der Waals surface area contributed by atoms with E-state index in [2.05, 4.69) is 4.72 Å². The molecule has 0 unspecified atom stereocenters. The molecule has 9 heteroatoms. The molecule has 3 aromatic rings. The van der Waals surface area contributed by atoms with Crippen molar-refractivity contribution in [2.75, 3.05) is 11.8 Å². The minimum Gasteiger partial charge on any atom is -0.496 e. The summed E-state index contributed by atoms with van der Waals surface area (Å²) in [5.74, 6) is 0.366. The fraction of sp³-hybridized carbons (Fsp3) is 0.240. The van der Waals surface area contributed by atoms with Gasteiger partial charge in [0, 0.05) is 29.9 Å². The highest BCUT2D eigenvalue weighted by Crippen LogP contribution is 2.31. The van der Waals surface area contributed by atoms with Crippen LogP contribution in [-0.2, 0) is 27.9 Å². The van der Waals surface area contributed by atoms with E-state index in [9.17, 15) is 17.6 Å². The van der Waals surface area contributed by atoms with E-state index in [4.69, 9.17) is 9.47 Å². The number of para-hydroxylation sites is 1. The fourth-order valence-corrected chi connectivity index (χ4v) is 4.85. The number of sulfonamides is 1. The molecule has 1 atom stereocenters. The molecule has 0 saturated heterocycles. The van der Waals surface area contributed by atoms with Crippen molar-refractivity contribution in [1.82, 2.24) is 4.90 Å². The predicted octanol–water partition coefficient (Wildman–Crippen LogP) is 4.25. The van der Waals surface area contributed by atoms with Gasteiger partial charge in [-0.3, -0.25) is 9.52 Å². The molecule has 7 nitrogen and oxygen atoms in total. The van der Waals surface area contributed by atoms with Gasteiger partial charge >= 0.3 is 0 Å². The van der Waals surface area contributed by atoms with Gasteiger partial charge in [-0.2, -0.15) is 0 Å². The van der Waals surface area contributed by atoms with Crippen LogP contribution < -0.4 is 14.2 Å². The van der Waals surface area contributed by atoms with Gasteiger partial charge in [0.2, 0.25) is 0 Å². The molecule has 178 valence electrons. The van der Waals surface area contributed by atoms with Crippen LogP contribution in [0.25, 0.3) is 0 Å². The topological polar surface area (TPSA) is 84.9 Å². The summed E-state index contributed by atoms with van der Waals surface area (Å²) in [7, 11) is -2.44. The van der Waals surface area contributed by atoms with Gasteiger partial charge in [-0.05, 0) is 55.8 Å². The highest BCUT2D eigenvalue weighted by molar-refractivity contribution is 7.92. The molecular formula is C25H25FN2O5S. The highest BCUT2D eigenvalue weighted by atomic mass is 32.2. The van der Waals surface area contributed by atoms with E-state index >= 15 is 0 Å². The first-order valence-electron chi connectivity index (χ1n) is 10.7. The first-order valence-corrected chi connectivity index (χ1v) is 12.2. The summed E-state index contributed by atoms with van der Waals surface area (Å²) in [6.45, 7) is 3.75. The van der Waals surface area contributed by atoms with Crippen LogP contribution in [0.2, 0.25) is 0 Å². The second-order valence-corrected chi connectivity index (χ2v) is 9.79. The summed E-state index contributed by atoms with van der Waals surface area (Å²) in [5, 5.41) is 0. The number of anilines is 1. The fourth-order valence-electron chi connectivity index (χ4n) is 3.79. The minimum atomic E-state index is -4.01. The van der Waals surface area contributed by atoms with Crippen molar-refractivity contribution in [1.29, 1.82) is 0 Å². The van der Waals surface area contributed by atoms with Crippen molar-refractivity contribution in [2.24, 2.45) is 0 Å². The van der Waals surface area contributed by atoms with Crippen molar-refractivity contribution in [3.8, 4) is 11.5 Å². The maximum atomic E-state index is 13.9. The van der Waals surface area contributed by atoms with Crippen molar-refractivity contribution in [2.45, 2.75) is 37.9 Å². The summed E-state index contributed by atoms with van der Waals surface area (Å²) in [5.41, 5.74) is 2.12. The Morgan fingerprint density at radius 2 is 1.91 bits per heavy atom. The largest absolute Gasteiger partial charge is 0.496 e. The lowest BCUT2D eigenvalue weighted by Crippen LogP contribution is -2.37. The number of halogens is 1.